The summed E-state index contributed by atoms with van der Waals surface area (Å²) in [6.45, 7) is 8.11. The van der Waals surface area contributed by atoms with Crippen LogP contribution >= 0.6 is 0 Å². The van der Waals surface area contributed by atoms with E-state index in [1.165, 1.54) is 60.0 Å². The van der Waals surface area contributed by atoms with Gasteiger partial charge >= 0.3 is 0 Å². The Balaban J connectivity index is 0.990. The van der Waals surface area contributed by atoms with Crippen LogP contribution < -0.4 is 0 Å². The highest BCUT2D eigenvalue weighted by Crippen LogP contribution is 2.66. The first-order chi connectivity index (χ1) is 27.1. The fraction of sp³-hybridized carbons (Fsp3) is 0.417. The summed E-state index contributed by atoms with van der Waals surface area (Å²) in [5, 5.41) is 24.2. The maximum absolute atomic E-state index is 6.63. The lowest BCUT2D eigenvalue weighted by atomic mass is 9.72. The van der Waals surface area contributed by atoms with E-state index < -0.39 is 0 Å². The molecule has 4 aliphatic rings. The molecule has 1 fully saturated rings. The molecule has 55 heavy (non-hydrogen) atoms. The molecule has 0 bridgehead atoms. The van der Waals surface area contributed by atoms with Crippen molar-refractivity contribution in [2.75, 3.05) is 100 Å². The van der Waals surface area contributed by atoms with Crippen LogP contribution in [0, 0.1) is 6.07 Å². The van der Waals surface area contributed by atoms with E-state index in [2.05, 4.69) is 43.4 Å². The molecular formula is C48H45NO6+2. The Labute approximate surface area is 319 Å². The number of likely N-dealkylation sites (tertiary alicyclic amines) is 1. The Kier molecular flexibility index (Phi) is 6.60. The molecule has 9 aromatic carbocycles. The van der Waals surface area contributed by atoms with Crippen molar-refractivity contribution in [3.8, 4) is 0 Å². The molecule has 0 saturated carbocycles. The Hall–Kier alpha value is -4.01. The summed E-state index contributed by atoms with van der Waals surface area (Å²) in [6, 6.07) is 16.9. The van der Waals surface area contributed by atoms with Crippen molar-refractivity contribution in [3.05, 3.63) is 69.8 Å². The fourth-order valence-electron chi connectivity index (χ4n) is 12.8. The van der Waals surface area contributed by atoms with Crippen LogP contribution in [0.4, 0.5) is 0 Å². The molecule has 0 aromatic heterocycles. The number of methoxy groups -OCH3 is 2. The van der Waals surface area contributed by atoms with E-state index in [-0.39, 0.29) is 6.04 Å². The quantitative estimate of drug-likeness (QED) is 0.0409. The van der Waals surface area contributed by atoms with E-state index >= 15 is 0 Å². The topological polar surface area (TPSA) is 55.4 Å². The summed E-state index contributed by atoms with van der Waals surface area (Å²) in [7, 11) is 5.89. The number of hydrogen-bond acceptors (Lipinski definition) is 6. The number of fused-ring (bicyclic) bond motifs is 3. The molecule has 0 amide bonds. The molecule has 4 atom stereocenters. The van der Waals surface area contributed by atoms with Gasteiger partial charge in [-0.2, -0.15) is 0 Å². The number of hydrogen-bond donors (Lipinski definition) is 0. The van der Waals surface area contributed by atoms with Gasteiger partial charge in [0.05, 0.1) is 102 Å². The van der Waals surface area contributed by atoms with Gasteiger partial charge in [0.2, 0.25) is 0 Å². The lowest BCUT2D eigenvalue weighted by Gasteiger charge is -2.38. The molecule has 276 valence electrons. The molecule has 1 aliphatic heterocycles. The summed E-state index contributed by atoms with van der Waals surface area (Å²) in [6.07, 6.45) is 1.99. The second-order valence-corrected chi connectivity index (χ2v) is 17.3. The standard InChI is InChI=1S/C48H45NO6/c1-49(6-7-52-12-13-53-10-8-50-2)22-32-30-20-28-18-26-16-24-4-5-25-17-27-19-29-21-31(40(32)33(49)23-55-15-14-54-11-9-51-3)42-41(30)45-38(28)36(26)43-34(24)35(25)44-37(27)39(29)46(42)48(45)47(43)44/h4-5,17,20-21,32-33,40H,6-15,18-19,22-23H2,1-3H3/q+2. The smallest absolute Gasteiger partial charge is 0.156 e. The molecule has 13 rings (SSSR count). The molecule has 0 spiro atoms. The van der Waals surface area contributed by atoms with Crippen molar-refractivity contribution in [1.29, 1.82) is 0 Å². The largest absolute Gasteiger partial charge is 0.382 e. The van der Waals surface area contributed by atoms with E-state index in [1.54, 1.807) is 73.8 Å². The minimum absolute atomic E-state index is 0.283. The minimum atomic E-state index is 0.283. The molecule has 3 aliphatic carbocycles. The van der Waals surface area contributed by atoms with Crippen LogP contribution in [0.15, 0.2) is 30.3 Å². The van der Waals surface area contributed by atoms with Gasteiger partial charge in [-0.3, -0.25) is 0 Å². The third kappa shape index (κ3) is 3.89. The zero-order chi connectivity index (χ0) is 36.3. The van der Waals surface area contributed by atoms with Gasteiger partial charge in [0, 0.05) is 76.4 Å². The van der Waals surface area contributed by atoms with E-state index in [4.69, 9.17) is 28.4 Å². The summed E-state index contributed by atoms with van der Waals surface area (Å²) in [4.78, 5) is 0. The number of rotatable bonds is 17. The Morgan fingerprint density at radius 1 is 0.564 bits per heavy atom. The molecule has 7 heteroatoms. The number of benzene rings is 7. The summed E-state index contributed by atoms with van der Waals surface area (Å²) in [5.74, 6) is 0.751. The van der Waals surface area contributed by atoms with Gasteiger partial charge in [0.15, 0.2) is 5.39 Å². The number of likely N-dealkylation sites (N-methyl/N-ethyl adjacent to an activating group) is 1. The van der Waals surface area contributed by atoms with Crippen molar-refractivity contribution in [2.24, 2.45) is 0 Å². The van der Waals surface area contributed by atoms with Crippen LogP contribution in [-0.2, 0) is 41.3 Å². The van der Waals surface area contributed by atoms with Crippen molar-refractivity contribution < 1.29 is 32.9 Å². The zero-order valence-corrected chi connectivity index (χ0v) is 31.9. The normalized spacial score (nSPS) is 22.6. The first kappa shape index (κ1) is 32.1. The van der Waals surface area contributed by atoms with Crippen molar-refractivity contribution in [1.82, 2.24) is 0 Å². The van der Waals surface area contributed by atoms with Crippen LogP contribution in [0.5, 0.6) is 0 Å². The van der Waals surface area contributed by atoms with Gasteiger partial charge < -0.3 is 32.9 Å². The molecule has 1 saturated heterocycles. The van der Waals surface area contributed by atoms with Gasteiger partial charge in [0.1, 0.15) is 18.2 Å². The second-order valence-electron chi connectivity index (χ2n) is 17.3. The molecular weight excluding hydrogens is 687 g/mol. The highest BCUT2D eigenvalue weighted by Gasteiger charge is 2.56. The van der Waals surface area contributed by atoms with E-state index in [0.717, 1.165) is 30.4 Å². The van der Waals surface area contributed by atoms with Gasteiger partial charge in [-0.15, -0.1) is 0 Å². The number of ether oxygens (including phenoxy) is 6. The van der Waals surface area contributed by atoms with Crippen LogP contribution in [0.2, 0.25) is 0 Å². The summed E-state index contributed by atoms with van der Waals surface area (Å²) >= 11 is 0. The van der Waals surface area contributed by atoms with Crippen LogP contribution in [-0.4, -0.2) is 111 Å². The summed E-state index contributed by atoms with van der Waals surface area (Å²) < 4.78 is 35.7. The van der Waals surface area contributed by atoms with Gasteiger partial charge in [0.25, 0.3) is 0 Å². The molecule has 0 N–H and O–H groups in total. The van der Waals surface area contributed by atoms with Crippen LogP contribution in [0.1, 0.15) is 45.2 Å². The number of quaternary nitrogens is 1. The average Bonchev–Trinajstić information content (AvgIpc) is 3.98. The zero-order valence-electron chi connectivity index (χ0n) is 31.9. The first-order valence-corrected chi connectivity index (χ1v) is 20.4. The lowest BCUT2D eigenvalue weighted by molar-refractivity contribution is -0.923. The lowest BCUT2D eigenvalue weighted by Crippen LogP contribution is -2.53. The van der Waals surface area contributed by atoms with E-state index in [9.17, 15) is 0 Å². The van der Waals surface area contributed by atoms with Gasteiger partial charge in [-0.25, -0.2) is 0 Å². The fourth-order valence-corrected chi connectivity index (χ4v) is 12.8. The highest BCUT2D eigenvalue weighted by atomic mass is 16.5. The summed E-state index contributed by atoms with van der Waals surface area (Å²) in [5.41, 5.74) is 9.11. The van der Waals surface area contributed by atoms with Crippen LogP contribution in [0.25, 0.3) is 86.2 Å². The van der Waals surface area contributed by atoms with E-state index in [0.29, 0.717) is 77.9 Å². The van der Waals surface area contributed by atoms with Crippen molar-refractivity contribution in [2.45, 2.75) is 30.7 Å². The Morgan fingerprint density at radius 3 is 1.91 bits per heavy atom. The predicted molar refractivity (Wildman–Crippen MR) is 219 cm³/mol. The van der Waals surface area contributed by atoms with Crippen molar-refractivity contribution in [3.63, 3.8) is 0 Å². The Morgan fingerprint density at radius 2 is 1.15 bits per heavy atom. The van der Waals surface area contributed by atoms with E-state index in [1.807, 2.05) is 0 Å². The number of nitrogens with zero attached hydrogens (tertiary/aromatic N) is 1. The monoisotopic (exact) mass is 731 g/mol. The van der Waals surface area contributed by atoms with Gasteiger partial charge in [-0.05, 0) is 73.3 Å². The van der Waals surface area contributed by atoms with Crippen molar-refractivity contribution >= 4 is 86.2 Å². The SMILES string of the molecule is COCCOCCOCC[N+]1(C)CC2c3cc4c5c6c([c+]c7ccc8cc9c%10c%11c(cc(c%12c3c5c(c%12%11)c3c6c7c8c%103)C2C1COCCOCCOC)C9)C4. The molecule has 1 heterocycles. The second kappa shape index (κ2) is 11.3. The average molecular weight is 732 g/mol. The Bertz CT molecular complexity index is 2940. The molecule has 9 aromatic rings. The maximum atomic E-state index is 6.63. The highest BCUT2D eigenvalue weighted by molar-refractivity contribution is 6.58. The van der Waals surface area contributed by atoms with Gasteiger partial charge in [-0.1, -0.05) is 12.1 Å². The predicted octanol–water partition coefficient (Wildman–Crippen LogP) is 8.08. The first-order valence-electron chi connectivity index (χ1n) is 20.4. The molecule has 0 radical (unpaired) electrons. The minimum Gasteiger partial charge on any atom is -0.382 e. The third-order valence-electron chi connectivity index (χ3n) is 14.8. The molecule has 7 nitrogen and oxygen atoms in total. The maximum Gasteiger partial charge on any atom is 0.156 e. The molecule has 4 unspecified atom stereocenters. The third-order valence-corrected chi connectivity index (χ3v) is 14.8. The van der Waals surface area contributed by atoms with Crippen LogP contribution in [0.3, 0.4) is 0 Å².